The number of benzene rings is 1. The Morgan fingerprint density at radius 3 is 2.56 bits per heavy atom. The lowest BCUT2D eigenvalue weighted by Gasteiger charge is -2.34. The fraction of sp³-hybridized carbons (Fsp3) is 0.333. The maximum absolute atomic E-state index is 13.6. The fourth-order valence-electron chi connectivity index (χ4n) is 4.26. The van der Waals surface area contributed by atoms with Gasteiger partial charge in [0.25, 0.3) is 5.91 Å². The lowest BCUT2D eigenvalue weighted by Crippen LogP contribution is -2.48. The number of fused-ring (bicyclic) bond motifs is 1. The van der Waals surface area contributed by atoms with E-state index in [1.807, 2.05) is 83.4 Å². The molecule has 5 rings (SSSR count). The van der Waals surface area contributed by atoms with Gasteiger partial charge in [0.15, 0.2) is 0 Å². The van der Waals surface area contributed by atoms with E-state index in [4.69, 9.17) is 4.98 Å². The van der Waals surface area contributed by atoms with Crippen molar-refractivity contribution in [1.82, 2.24) is 34.3 Å². The standard InChI is InChI=1S/C24H27N7O/c1-3-31-17-19(14-26-31)23-12-21(20-6-4-5-7-22(20)27-23)24(32)30-10-8-29(9-11-30)16-18-13-25-28(2)15-18/h4-7,12-15,17H,3,8-11,16H2,1-2H3. The molecule has 1 aliphatic heterocycles. The molecule has 0 atom stereocenters. The van der Waals surface area contributed by atoms with Gasteiger partial charge in [-0.1, -0.05) is 18.2 Å². The van der Waals surface area contributed by atoms with E-state index in [0.29, 0.717) is 18.7 Å². The van der Waals surface area contributed by atoms with Crippen LogP contribution in [0.1, 0.15) is 22.8 Å². The molecule has 32 heavy (non-hydrogen) atoms. The molecule has 1 fully saturated rings. The third-order valence-corrected chi connectivity index (χ3v) is 6.02. The van der Waals surface area contributed by atoms with Gasteiger partial charge in [-0.05, 0) is 19.1 Å². The Morgan fingerprint density at radius 2 is 1.84 bits per heavy atom. The van der Waals surface area contributed by atoms with E-state index in [2.05, 4.69) is 15.1 Å². The van der Waals surface area contributed by atoms with Crippen LogP contribution in [-0.4, -0.2) is 66.4 Å². The van der Waals surface area contributed by atoms with E-state index >= 15 is 0 Å². The van der Waals surface area contributed by atoms with Gasteiger partial charge in [0.05, 0.1) is 29.2 Å². The van der Waals surface area contributed by atoms with Crippen LogP contribution in [0.15, 0.2) is 55.1 Å². The number of hydrogen-bond donors (Lipinski definition) is 0. The van der Waals surface area contributed by atoms with Crippen LogP contribution in [0.4, 0.5) is 0 Å². The van der Waals surface area contributed by atoms with Gasteiger partial charge in [-0.15, -0.1) is 0 Å². The molecule has 0 bridgehead atoms. The minimum absolute atomic E-state index is 0.0637. The highest BCUT2D eigenvalue weighted by atomic mass is 16.2. The molecular formula is C24H27N7O. The second-order valence-electron chi connectivity index (χ2n) is 8.25. The van der Waals surface area contributed by atoms with Gasteiger partial charge < -0.3 is 4.90 Å². The Morgan fingerprint density at radius 1 is 1.03 bits per heavy atom. The molecule has 4 heterocycles. The number of pyridine rings is 1. The Balaban J connectivity index is 1.38. The van der Waals surface area contributed by atoms with Crippen molar-refractivity contribution in [1.29, 1.82) is 0 Å². The van der Waals surface area contributed by atoms with Crippen LogP contribution in [0, 0.1) is 0 Å². The van der Waals surface area contributed by atoms with Gasteiger partial charge >= 0.3 is 0 Å². The quantitative estimate of drug-likeness (QED) is 0.488. The molecule has 8 heteroatoms. The maximum atomic E-state index is 13.6. The molecule has 0 N–H and O–H groups in total. The smallest absolute Gasteiger partial charge is 0.254 e. The van der Waals surface area contributed by atoms with E-state index in [9.17, 15) is 4.79 Å². The second kappa shape index (κ2) is 8.55. The third kappa shape index (κ3) is 4.01. The largest absolute Gasteiger partial charge is 0.336 e. The molecule has 1 aromatic carbocycles. The number of aromatic nitrogens is 5. The number of carbonyl (C=O) groups excluding carboxylic acids is 1. The summed E-state index contributed by atoms with van der Waals surface area (Å²) in [6.07, 6.45) is 7.74. The second-order valence-corrected chi connectivity index (χ2v) is 8.25. The van der Waals surface area contributed by atoms with Crippen LogP contribution < -0.4 is 0 Å². The number of aryl methyl sites for hydroxylation is 2. The molecule has 8 nitrogen and oxygen atoms in total. The predicted octanol–water partition coefficient (Wildman–Crippen LogP) is 2.81. The van der Waals surface area contributed by atoms with Crippen LogP contribution >= 0.6 is 0 Å². The fourth-order valence-corrected chi connectivity index (χ4v) is 4.26. The van der Waals surface area contributed by atoms with Gasteiger partial charge in [-0.25, -0.2) is 4.98 Å². The first-order valence-electron chi connectivity index (χ1n) is 11.0. The molecule has 0 saturated carbocycles. The Kier molecular flexibility index (Phi) is 5.45. The number of rotatable bonds is 5. The molecule has 1 aliphatic rings. The zero-order valence-corrected chi connectivity index (χ0v) is 18.5. The molecule has 1 amide bonds. The number of nitrogens with zero attached hydrogens (tertiary/aromatic N) is 7. The Bertz CT molecular complexity index is 1250. The maximum Gasteiger partial charge on any atom is 0.254 e. The van der Waals surface area contributed by atoms with E-state index in [1.54, 1.807) is 0 Å². The van der Waals surface area contributed by atoms with E-state index in [-0.39, 0.29) is 5.91 Å². The summed E-state index contributed by atoms with van der Waals surface area (Å²) in [7, 11) is 1.93. The zero-order valence-electron chi connectivity index (χ0n) is 18.5. The van der Waals surface area contributed by atoms with Crippen LogP contribution in [-0.2, 0) is 20.1 Å². The van der Waals surface area contributed by atoms with Gasteiger partial charge in [-0.2, -0.15) is 10.2 Å². The lowest BCUT2D eigenvalue weighted by atomic mass is 10.0. The van der Waals surface area contributed by atoms with Crippen molar-refractivity contribution in [3.8, 4) is 11.3 Å². The Hall–Kier alpha value is -3.52. The summed E-state index contributed by atoms with van der Waals surface area (Å²) < 4.78 is 3.70. The predicted molar refractivity (Wildman–Crippen MR) is 123 cm³/mol. The first-order valence-corrected chi connectivity index (χ1v) is 11.0. The molecule has 1 saturated heterocycles. The summed E-state index contributed by atoms with van der Waals surface area (Å²) in [5, 5.41) is 9.51. The van der Waals surface area contributed by atoms with E-state index < -0.39 is 0 Å². The third-order valence-electron chi connectivity index (χ3n) is 6.02. The zero-order chi connectivity index (χ0) is 22.1. The van der Waals surface area contributed by atoms with Crippen LogP contribution in [0.5, 0.6) is 0 Å². The summed E-state index contributed by atoms with van der Waals surface area (Å²) in [5.74, 6) is 0.0637. The van der Waals surface area contributed by atoms with Crippen molar-refractivity contribution in [2.75, 3.05) is 26.2 Å². The van der Waals surface area contributed by atoms with E-state index in [1.165, 1.54) is 5.56 Å². The van der Waals surface area contributed by atoms with Gasteiger partial charge in [0.2, 0.25) is 0 Å². The average Bonchev–Trinajstić information content (AvgIpc) is 3.47. The lowest BCUT2D eigenvalue weighted by molar-refractivity contribution is 0.0630. The van der Waals surface area contributed by atoms with Gasteiger partial charge in [-0.3, -0.25) is 19.1 Å². The topological polar surface area (TPSA) is 72.1 Å². The first kappa shape index (κ1) is 20.4. The molecule has 3 aromatic heterocycles. The van der Waals surface area contributed by atoms with Crippen molar-refractivity contribution >= 4 is 16.8 Å². The number of carbonyl (C=O) groups is 1. The summed E-state index contributed by atoms with van der Waals surface area (Å²) in [5.41, 5.74) is 4.43. The molecule has 0 radical (unpaired) electrons. The average molecular weight is 430 g/mol. The first-order chi connectivity index (χ1) is 15.6. The van der Waals surface area contributed by atoms with Crippen molar-refractivity contribution < 1.29 is 4.79 Å². The molecule has 0 unspecified atom stereocenters. The van der Waals surface area contributed by atoms with Crippen molar-refractivity contribution in [2.45, 2.75) is 20.0 Å². The summed E-state index contributed by atoms with van der Waals surface area (Å²) in [6, 6.07) is 9.78. The minimum atomic E-state index is 0.0637. The highest BCUT2D eigenvalue weighted by Crippen LogP contribution is 2.26. The summed E-state index contributed by atoms with van der Waals surface area (Å²) in [4.78, 5) is 22.7. The van der Waals surface area contributed by atoms with Crippen LogP contribution in [0.25, 0.3) is 22.2 Å². The number of hydrogen-bond acceptors (Lipinski definition) is 5. The van der Waals surface area contributed by atoms with Crippen molar-refractivity contribution in [3.63, 3.8) is 0 Å². The van der Waals surface area contributed by atoms with Gasteiger partial charge in [0.1, 0.15) is 0 Å². The summed E-state index contributed by atoms with van der Waals surface area (Å²) >= 11 is 0. The number of piperazine rings is 1. The van der Waals surface area contributed by atoms with Crippen molar-refractivity contribution in [2.24, 2.45) is 7.05 Å². The SMILES string of the molecule is CCn1cc(-c2cc(C(=O)N3CCN(Cc4cnn(C)c4)CC3)c3ccccc3n2)cn1. The highest BCUT2D eigenvalue weighted by Gasteiger charge is 2.24. The monoisotopic (exact) mass is 429 g/mol. The minimum Gasteiger partial charge on any atom is -0.336 e. The molecule has 0 aliphatic carbocycles. The van der Waals surface area contributed by atoms with Crippen LogP contribution in [0.2, 0.25) is 0 Å². The normalized spacial score (nSPS) is 14.9. The van der Waals surface area contributed by atoms with E-state index in [0.717, 1.165) is 48.3 Å². The summed E-state index contributed by atoms with van der Waals surface area (Å²) in [6.45, 7) is 6.81. The number of para-hydroxylation sites is 1. The molecule has 0 spiro atoms. The number of amides is 1. The Labute approximate surface area is 187 Å². The van der Waals surface area contributed by atoms with Gasteiger partial charge in [0, 0.05) is 75.2 Å². The van der Waals surface area contributed by atoms with Crippen molar-refractivity contribution in [3.05, 3.63) is 66.2 Å². The molecular weight excluding hydrogens is 402 g/mol. The molecule has 164 valence electrons. The molecule has 4 aromatic rings. The highest BCUT2D eigenvalue weighted by molar-refractivity contribution is 6.07. The van der Waals surface area contributed by atoms with Crippen LogP contribution in [0.3, 0.4) is 0 Å².